The predicted octanol–water partition coefficient (Wildman–Crippen LogP) is 2.20. The van der Waals surface area contributed by atoms with Crippen LogP contribution in [0.1, 0.15) is 46.0 Å². The Kier molecular flexibility index (Phi) is 8.59. The molecule has 1 N–H and O–H groups in total. The zero-order chi connectivity index (χ0) is 13.2. The van der Waals surface area contributed by atoms with Gasteiger partial charge in [0.2, 0.25) is 0 Å². The van der Waals surface area contributed by atoms with Crippen LogP contribution in [0.4, 0.5) is 0 Å². The summed E-state index contributed by atoms with van der Waals surface area (Å²) in [6, 6.07) is 0. The molecular weight excluding hydrogens is 228 g/mol. The van der Waals surface area contributed by atoms with Crippen LogP contribution in [0, 0.1) is 0 Å². The Morgan fingerprint density at radius 1 is 1.28 bits per heavy atom. The summed E-state index contributed by atoms with van der Waals surface area (Å²) in [4.78, 5) is 8.14. The highest BCUT2D eigenvalue weighted by atomic mass is 16.7. The minimum Gasteiger partial charge on any atom is -0.377 e. The predicted molar refractivity (Wildman–Crippen MR) is 74.5 cm³/mol. The van der Waals surface area contributed by atoms with E-state index in [1.54, 1.807) is 0 Å². The van der Waals surface area contributed by atoms with Crippen molar-refractivity contribution in [2.24, 2.45) is 0 Å². The summed E-state index contributed by atoms with van der Waals surface area (Å²) in [7, 11) is 2.18. The van der Waals surface area contributed by atoms with Gasteiger partial charge in [-0.3, -0.25) is 4.84 Å². The number of likely N-dealkylation sites (tertiary alicyclic amines) is 1. The van der Waals surface area contributed by atoms with Gasteiger partial charge in [0.05, 0.1) is 12.2 Å². The fourth-order valence-corrected chi connectivity index (χ4v) is 2.19. The molecule has 0 saturated carbocycles. The van der Waals surface area contributed by atoms with Gasteiger partial charge in [-0.15, -0.1) is 0 Å². The Morgan fingerprint density at radius 2 is 2.11 bits per heavy atom. The van der Waals surface area contributed by atoms with Gasteiger partial charge >= 0.3 is 0 Å². The molecule has 0 spiro atoms. The average Bonchev–Trinajstić information content (AvgIpc) is 2.58. The van der Waals surface area contributed by atoms with Crippen molar-refractivity contribution in [3.63, 3.8) is 0 Å². The largest absolute Gasteiger partial charge is 0.377 e. The average molecular weight is 258 g/mol. The molecule has 108 valence electrons. The summed E-state index contributed by atoms with van der Waals surface area (Å²) in [6.07, 6.45) is 6.25. The number of hydroxylamine groups is 1. The van der Waals surface area contributed by atoms with Crippen molar-refractivity contribution in [2.75, 3.05) is 33.3 Å². The van der Waals surface area contributed by atoms with E-state index in [4.69, 9.17) is 9.57 Å². The Hall–Kier alpha value is -0.160. The quantitative estimate of drug-likeness (QED) is 0.677. The maximum absolute atomic E-state index is 5.77. The van der Waals surface area contributed by atoms with Crippen LogP contribution in [-0.2, 0) is 9.57 Å². The van der Waals surface area contributed by atoms with Crippen molar-refractivity contribution in [3.05, 3.63) is 0 Å². The van der Waals surface area contributed by atoms with Crippen LogP contribution in [0.25, 0.3) is 0 Å². The molecular formula is C14H30N2O2. The second-order valence-electron chi connectivity index (χ2n) is 5.22. The minimum atomic E-state index is 0.276. The van der Waals surface area contributed by atoms with Crippen molar-refractivity contribution < 1.29 is 9.57 Å². The van der Waals surface area contributed by atoms with Crippen LogP contribution in [-0.4, -0.2) is 50.4 Å². The lowest BCUT2D eigenvalue weighted by atomic mass is 10.2. The van der Waals surface area contributed by atoms with Gasteiger partial charge in [-0.25, -0.2) is 0 Å². The molecule has 0 aromatic carbocycles. The third-order valence-corrected chi connectivity index (χ3v) is 3.47. The van der Waals surface area contributed by atoms with Crippen LogP contribution >= 0.6 is 0 Å². The minimum absolute atomic E-state index is 0.276. The number of nitrogens with one attached hydrogen (secondary N) is 1. The summed E-state index contributed by atoms with van der Waals surface area (Å²) < 4.78 is 5.72. The highest BCUT2D eigenvalue weighted by molar-refractivity contribution is 4.67. The van der Waals surface area contributed by atoms with E-state index in [1.165, 1.54) is 13.0 Å². The highest BCUT2D eigenvalue weighted by Crippen LogP contribution is 2.12. The highest BCUT2D eigenvalue weighted by Gasteiger charge is 2.16. The molecule has 1 aliphatic heterocycles. The number of ether oxygens (including phenoxy) is 1. The maximum atomic E-state index is 5.77. The molecule has 0 aliphatic carbocycles. The van der Waals surface area contributed by atoms with Crippen molar-refractivity contribution in [3.8, 4) is 0 Å². The van der Waals surface area contributed by atoms with Gasteiger partial charge in [-0.2, -0.15) is 5.48 Å². The lowest BCUT2D eigenvalue weighted by Crippen LogP contribution is -2.33. The Labute approximate surface area is 112 Å². The molecule has 0 aromatic rings. The summed E-state index contributed by atoms with van der Waals surface area (Å²) >= 11 is 0. The number of rotatable bonds is 8. The second-order valence-corrected chi connectivity index (χ2v) is 5.22. The van der Waals surface area contributed by atoms with Crippen molar-refractivity contribution >= 4 is 0 Å². The zero-order valence-corrected chi connectivity index (χ0v) is 12.3. The van der Waals surface area contributed by atoms with Crippen LogP contribution in [0.2, 0.25) is 0 Å². The third kappa shape index (κ3) is 6.69. The van der Waals surface area contributed by atoms with Crippen LogP contribution in [0.3, 0.4) is 0 Å². The summed E-state index contributed by atoms with van der Waals surface area (Å²) in [6.45, 7) is 8.26. The molecule has 2 atom stereocenters. The van der Waals surface area contributed by atoms with E-state index in [0.717, 1.165) is 45.4 Å². The first-order valence-corrected chi connectivity index (χ1v) is 7.44. The molecule has 0 amide bonds. The molecule has 0 radical (unpaired) electrons. The van der Waals surface area contributed by atoms with Gasteiger partial charge in [-0.1, -0.05) is 13.8 Å². The molecule has 1 aliphatic rings. The van der Waals surface area contributed by atoms with Gasteiger partial charge < -0.3 is 9.64 Å². The first kappa shape index (κ1) is 15.9. The van der Waals surface area contributed by atoms with Gasteiger partial charge in [0.25, 0.3) is 0 Å². The lowest BCUT2D eigenvalue weighted by molar-refractivity contribution is -0.0574. The van der Waals surface area contributed by atoms with E-state index in [-0.39, 0.29) is 6.10 Å². The van der Waals surface area contributed by atoms with Gasteiger partial charge in [0.15, 0.2) is 0 Å². The Morgan fingerprint density at radius 3 is 2.83 bits per heavy atom. The SMILES string of the molecule is CCCOC(CC)CNOC1CCCN(C)CC1. The topological polar surface area (TPSA) is 33.7 Å². The van der Waals surface area contributed by atoms with E-state index >= 15 is 0 Å². The summed E-state index contributed by atoms with van der Waals surface area (Å²) in [5.41, 5.74) is 3.11. The standard InChI is InChI=1S/C14H30N2O2/c1-4-11-17-13(5-2)12-15-18-14-7-6-9-16(3)10-8-14/h13-15H,4-12H2,1-3H3. The molecule has 1 heterocycles. The van der Waals surface area contributed by atoms with E-state index in [2.05, 4.69) is 31.3 Å². The molecule has 4 nitrogen and oxygen atoms in total. The van der Waals surface area contributed by atoms with Crippen LogP contribution in [0.15, 0.2) is 0 Å². The maximum Gasteiger partial charge on any atom is 0.0803 e. The molecule has 1 saturated heterocycles. The fraction of sp³-hybridized carbons (Fsp3) is 1.00. The van der Waals surface area contributed by atoms with Crippen LogP contribution in [0.5, 0.6) is 0 Å². The second kappa shape index (κ2) is 9.73. The van der Waals surface area contributed by atoms with E-state index in [1.807, 2.05) is 0 Å². The van der Waals surface area contributed by atoms with E-state index < -0.39 is 0 Å². The van der Waals surface area contributed by atoms with Gasteiger partial charge in [0.1, 0.15) is 0 Å². The molecule has 0 bridgehead atoms. The lowest BCUT2D eigenvalue weighted by Gasteiger charge is -2.20. The van der Waals surface area contributed by atoms with Crippen molar-refractivity contribution in [1.29, 1.82) is 0 Å². The summed E-state index contributed by atoms with van der Waals surface area (Å²) in [5.74, 6) is 0. The van der Waals surface area contributed by atoms with Crippen molar-refractivity contribution in [1.82, 2.24) is 10.4 Å². The Balaban J connectivity index is 2.11. The monoisotopic (exact) mass is 258 g/mol. The van der Waals surface area contributed by atoms with Crippen LogP contribution < -0.4 is 5.48 Å². The summed E-state index contributed by atoms with van der Waals surface area (Å²) in [5, 5.41) is 0. The molecule has 2 unspecified atom stereocenters. The number of nitrogens with zero attached hydrogens (tertiary/aromatic N) is 1. The molecule has 1 rings (SSSR count). The number of hydrogen-bond acceptors (Lipinski definition) is 4. The fourth-order valence-electron chi connectivity index (χ4n) is 2.19. The molecule has 4 heteroatoms. The van der Waals surface area contributed by atoms with Gasteiger partial charge in [0, 0.05) is 19.7 Å². The smallest absolute Gasteiger partial charge is 0.0803 e. The third-order valence-electron chi connectivity index (χ3n) is 3.47. The van der Waals surface area contributed by atoms with Crippen molar-refractivity contribution in [2.45, 2.75) is 58.2 Å². The normalized spacial score (nSPS) is 23.8. The number of hydrogen-bond donors (Lipinski definition) is 1. The zero-order valence-electron chi connectivity index (χ0n) is 12.3. The Bertz CT molecular complexity index is 202. The molecule has 0 aromatic heterocycles. The first-order valence-electron chi connectivity index (χ1n) is 7.44. The molecule has 1 fully saturated rings. The van der Waals surface area contributed by atoms with E-state index in [9.17, 15) is 0 Å². The van der Waals surface area contributed by atoms with Gasteiger partial charge in [-0.05, 0) is 45.7 Å². The van der Waals surface area contributed by atoms with E-state index in [0.29, 0.717) is 6.10 Å². The molecule has 18 heavy (non-hydrogen) atoms. The first-order chi connectivity index (χ1) is 8.76.